The van der Waals surface area contributed by atoms with E-state index in [2.05, 4.69) is 4.98 Å². The summed E-state index contributed by atoms with van der Waals surface area (Å²) in [5.74, 6) is -0.961. The van der Waals surface area contributed by atoms with Crippen LogP contribution in [0.3, 0.4) is 0 Å². The van der Waals surface area contributed by atoms with E-state index in [4.69, 9.17) is 10.8 Å². The first-order chi connectivity index (χ1) is 6.20. The van der Waals surface area contributed by atoms with Gasteiger partial charge in [-0.25, -0.2) is 4.79 Å². The molecule has 4 N–H and O–H groups in total. The van der Waals surface area contributed by atoms with Gasteiger partial charge in [0, 0.05) is 17.1 Å². The average Bonchev–Trinajstić information content (AvgIpc) is 2.48. The highest BCUT2D eigenvalue weighted by molar-refractivity contribution is 6.07. The summed E-state index contributed by atoms with van der Waals surface area (Å²) in [7, 11) is 0. The van der Waals surface area contributed by atoms with E-state index in [1.165, 1.54) is 6.07 Å². The zero-order chi connectivity index (χ0) is 9.42. The number of nitrogens with two attached hydrogens (primary N) is 1. The zero-order valence-corrected chi connectivity index (χ0v) is 6.74. The molecule has 1 aromatic carbocycles. The molecular weight excluding hydrogens is 168 g/mol. The first-order valence-electron chi connectivity index (χ1n) is 3.79. The van der Waals surface area contributed by atoms with Crippen molar-refractivity contribution in [3.05, 3.63) is 30.0 Å². The predicted octanol–water partition coefficient (Wildman–Crippen LogP) is 1.45. The quantitative estimate of drug-likeness (QED) is 0.615. The van der Waals surface area contributed by atoms with Crippen LogP contribution in [0.5, 0.6) is 0 Å². The molecule has 0 fully saturated rings. The third-order valence-corrected chi connectivity index (χ3v) is 1.97. The van der Waals surface area contributed by atoms with Gasteiger partial charge in [0.1, 0.15) is 0 Å². The summed E-state index contributed by atoms with van der Waals surface area (Å²) in [4.78, 5) is 13.7. The van der Waals surface area contributed by atoms with Crippen LogP contribution in [0.15, 0.2) is 24.4 Å². The minimum atomic E-state index is -0.961. The van der Waals surface area contributed by atoms with E-state index in [-0.39, 0.29) is 5.56 Å². The Hall–Kier alpha value is -1.97. The van der Waals surface area contributed by atoms with Crippen LogP contribution in [-0.2, 0) is 0 Å². The third-order valence-electron chi connectivity index (χ3n) is 1.97. The Labute approximate surface area is 74.0 Å². The van der Waals surface area contributed by atoms with Crippen LogP contribution in [0.1, 0.15) is 10.4 Å². The predicted molar refractivity (Wildman–Crippen MR) is 49.7 cm³/mol. The molecule has 0 aliphatic rings. The van der Waals surface area contributed by atoms with E-state index < -0.39 is 5.97 Å². The van der Waals surface area contributed by atoms with Crippen LogP contribution in [0, 0.1) is 0 Å². The van der Waals surface area contributed by atoms with E-state index in [1.807, 2.05) is 0 Å². The van der Waals surface area contributed by atoms with Gasteiger partial charge >= 0.3 is 5.97 Å². The summed E-state index contributed by atoms with van der Waals surface area (Å²) in [5.41, 5.74) is 7.07. The van der Waals surface area contributed by atoms with E-state index in [0.29, 0.717) is 11.1 Å². The van der Waals surface area contributed by atoms with Gasteiger partial charge in [0.25, 0.3) is 0 Å². The van der Waals surface area contributed by atoms with Crippen molar-refractivity contribution in [3.8, 4) is 0 Å². The Kier molecular flexibility index (Phi) is 1.48. The highest BCUT2D eigenvalue weighted by Gasteiger charge is 2.10. The molecule has 1 heterocycles. The molecule has 0 aliphatic heterocycles. The van der Waals surface area contributed by atoms with Gasteiger partial charge in [-0.1, -0.05) is 6.07 Å². The SMILES string of the molecule is Nc1c[nH]c2cccc(C(=O)O)c12. The number of H-pyrrole nitrogens is 1. The Bertz CT molecular complexity index is 473. The number of carboxylic acid groups (broad SMARTS) is 1. The van der Waals surface area contributed by atoms with Crippen molar-refractivity contribution in [3.63, 3.8) is 0 Å². The molecule has 0 aliphatic carbocycles. The number of carbonyl (C=O) groups is 1. The molecular formula is C9H8N2O2. The van der Waals surface area contributed by atoms with Crippen molar-refractivity contribution < 1.29 is 9.90 Å². The molecule has 0 spiro atoms. The first-order valence-corrected chi connectivity index (χ1v) is 3.79. The molecule has 0 saturated heterocycles. The topological polar surface area (TPSA) is 79.1 Å². The van der Waals surface area contributed by atoms with E-state index in [0.717, 1.165) is 5.52 Å². The number of aromatic amines is 1. The largest absolute Gasteiger partial charge is 0.478 e. The maximum Gasteiger partial charge on any atom is 0.336 e. The average molecular weight is 176 g/mol. The second-order valence-corrected chi connectivity index (χ2v) is 2.78. The second kappa shape index (κ2) is 2.52. The van der Waals surface area contributed by atoms with Gasteiger partial charge in [-0.3, -0.25) is 0 Å². The summed E-state index contributed by atoms with van der Waals surface area (Å²) >= 11 is 0. The number of hydrogen-bond donors (Lipinski definition) is 3. The fraction of sp³-hybridized carbons (Fsp3) is 0. The molecule has 2 rings (SSSR count). The Balaban J connectivity index is 2.88. The summed E-state index contributed by atoms with van der Waals surface area (Å²) < 4.78 is 0. The number of hydrogen-bond acceptors (Lipinski definition) is 2. The fourth-order valence-electron chi connectivity index (χ4n) is 1.39. The smallest absolute Gasteiger partial charge is 0.336 e. The van der Waals surface area contributed by atoms with Crippen LogP contribution >= 0.6 is 0 Å². The minimum absolute atomic E-state index is 0.233. The maximum atomic E-state index is 10.8. The van der Waals surface area contributed by atoms with Crippen molar-refractivity contribution >= 4 is 22.6 Å². The Morgan fingerprint density at radius 1 is 1.46 bits per heavy atom. The molecule has 0 amide bonds. The van der Waals surface area contributed by atoms with Crippen LogP contribution in [0.2, 0.25) is 0 Å². The van der Waals surface area contributed by atoms with E-state index >= 15 is 0 Å². The van der Waals surface area contributed by atoms with Gasteiger partial charge in [0.05, 0.1) is 11.3 Å². The monoisotopic (exact) mass is 176 g/mol. The van der Waals surface area contributed by atoms with Gasteiger partial charge < -0.3 is 15.8 Å². The number of anilines is 1. The van der Waals surface area contributed by atoms with Gasteiger partial charge in [-0.15, -0.1) is 0 Å². The van der Waals surface area contributed by atoms with Crippen molar-refractivity contribution in [2.24, 2.45) is 0 Å². The van der Waals surface area contributed by atoms with Crippen molar-refractivity contribution in [1.29, 1.82) is 0 Å². The van der Waals surface area contributed by atoms with Crippen molar-refractivity contribution in [2.45, 2.75) is 0 Å². The molecule has 4 nitrogen and oxygen atoms in total. The lowest BCUT2D eigenvalue weighted by Crippen LogP contribution is -1.97. The number of nitrogens with one attached hydrogen (secondary N) is 1. The highest BCUT2D eigenvalue weighted by Crippen LogP contribution is 2.23. The molecule has 4 heteroatoms. The lowest BCUT2D eigenvalue weighted by Gasteiger charge is -1.97. The number of nitrogen functional groups attached to an aromatic ring is 1. The lowest BCUT2D eigenvalue weighted by molar-refractivity contribution is 0.0699. The number of rotatable bonds is 1. The normalized spacial score (nSPS) is 10.5. The van der Waals surface area contributed by atoms with E-state index in [1.54, 1.807) is 18.3 Å². The molecule has 0 atom stereocenters. The van der Waals surface area contributed by atoms with E-state index in [9.17, 15) is 4.79 Å². The highest BCUT2D eigenvalue weighted by atomic mass is 16.4. The fourth-order valence-corrected chi connectivity index (χ4v) is 1.39. The minimum Gasteiger partial charge on any atom is -0.478 e. The number of aromatic carboxylic acids is 1. The number of benzene rings is 1. The number of carboxylic acids is 1. The first kappa shape index (κ1) is 7.67. The summed E-state index contributed by atoms with van der Waals surface area (Å²) in [6, 6.07) is 5.01. The van der Waals surface area contributed by atoms with Crippen LogP contribution in [0.25, 0.3) is 10.9 Å². The Morgan fingerprint density at radius 2 is 2.23 bits per heavy atom. The van der Waals surface area contributed by atoms with Crippen LogP contribution in [-0.4, -0.2) is 16.1 Å². The molecule has 0 saturated carbocycles. The maximum absolute atomic E-state index is 10.8. The van der Waals surface area contributed by atoms with Crippen molar-refractivity contribution in [2.75, 3.05) is 5.73 Å². The van der Waals surface area contributed by atoms with Crippen molar-refractivity contribution in [1.82, 2.24) is 4.98 Å². The Morgan fingerprint density at radius 3 is 2.92 bits per heavy atom. The third kappa shape index (κ3) is 1.03. The standard InChI is InChI=1S/C9H8N2O2/c10-6-4-11-7-3-1-2-5(8(6)7)9(12)13/h1-4,11H,10H2,(H,12,13). The molecule has 2 aromatic rings. The van der Waals surface area contributed by atoms with Gasteiger partial charge in [-0.05, 0) is 12.1 Å². The van der Waals surface area contributed by atoms with Gasteiger partial charge in [0.2, 0.25) is 0 Å². The molecule has 0 bridgehead atoms. The summed E-state index contributed by atoms with van der Waals surface area (Å²) in [6.45, 7) is 0. The molecule has 13 heavy (non-hydrogen) atoms. The molecule has 0 radical (unpaired) electrons. The van der Waals surface area contributed by atoms with Crippen LogP contribution in [0.4, 0.5) is 5.69 Å². The summed E-state index contributed by atoms with van der Waals surface area (Å²) in [6.07, 6.45) is 1.59. The molecule has 1 aromatic heterocycles. The second-order valence-electron chi connectivity index (χ2n) is 2.78. The summed E-state index contributed by atoms with van der Waals surface area (Å²) in [5, 5.41) is 9.43. The number of fused-ring (bicyclic) bond motifs is 1. The molecule has 66 valence electrons. The van der Waals surface area contributed by atoms with Gasteiger partial charge in [0.15, 0.2) is 0 Å². The zero-order valence-electron chi connectivity index (χ0n) is 6.74. The number of aromatic nitrogens is 1. The van der Waals surface area contributed by atoms with Gasteiger partial charge in [-0.2, -0.15) is 0 Å². The van der Waals surface area contributed by atoms with Crippen LogP contribution < -0.4 is 5.73 Å². The lowest BCUT2D eigenvalue weighted by atomic mass is 10.1. The molecule has 0 unspecified atom stereocenters.